The standard InChI is InChI=1S/C14H19NOS/c1-3-4-13(9-10-15)11-16-17-14-7-5-12(2)6-8-14/h5-8,13H,3-4,9,11H2,1-2H3. The van der Waals surface area contributed by atoms with E-state index < -0.39 is 0 Å². The third-order valence-corrected chi connectivity index (χ3v) is 3.28. The summed E-state index contributed by atoms with van der Waals surface area (Å²) in [6, 6.07) is 10.5. The van der Waals surface area contributed by atoms with Crippen LogP contribution in [0.5, 0.6) is 0 Å². The number of hydrogen-bond donors (Lipinski definition) is 0. The zero-order valence-electron chi connectivity index (χ0n) is 10.5. The Morgan fingerprint density at radius 3 is 2.65 bits per heavy atom. The summed E-state index contributed by atoms with van der Waals surface area (Å²) in [6.45, 7) is 4.86. The largest absolute Gasteiger partial charge is 0.310 e. The normalized spacial score (nSPS) is 12.1. The number of benzene rings is 1. The lowest BCUT2D eigenvalue weighted by molar-refractivity contribution is 0.277. The zero-order chi connectivity index (χ0) is 12.5. The van der Waals surface area contributed by atoms with E-state index in [1.165, 1.54) is 17.6 Å². The minimum atomic E-state index is 0.364. The highest BCUT2D eigenvalue weighted by molar-refractivity contribution is 7.94. The Labute approximate surface area is 108 Å². The van der Waals surface area contributed by atoms with E-state index in [-0.39, 0.29) is 0 Å². The van der Waals surface area contributed by atoms with Gasteiger partial charge in [-0.2, -0.15) is 5.26 Å². The Morgan fingerprint density at radius 1 is 1.35 bits per heavy atom. The maximum Gasteiger partial charge on any atom is 0.0656 e. The highest BCUT2D eigenvalue weighted by atomic mass is 32.2. The van der Waals surface area contributed by atoms with Crippen molar-refractivity contribution in [3.8, 4) is 6.07 Å². The first-order valence-corrected chi connectivity index (χ1v) is 6.73. The van der Waals surface area contributed by atoms with Crippen molar-refractivity contribution in [1.82, 2.24) is 0 Å². The number of nitriles is 1. The van der Waals surface area contributed by atoms with Crippen LogP contribution in [-0.2, 0) is 4.18 Å². The minimum absolute atomic E-state index is 0.364. The van der Waals surface area contributed by atoms with Crippen LogP contribution >= 0.6 is 12.0 Å². The fourth-order valence-electron chi connectivity index (χ4n) is 1.57. The highest BCUT2D eigenvalue weighted by Gasteiger charge is 2.08. The molecule has 0 radical (unpaired) electrons. The molecular formula is C14H19NOS. The van der Waals surface area contributed by atoms with E-state index in [0.29, 0.717) is 18.9 Å². The molecule has 1 rings (SSSR count). The van der Waals surface area contributed by atoms with Crippen molar-refractivity contribution in [1.29, 1.82) is 5.26 Å². The molecule has 1 aromatic rings. The second-order valence-corrected chi connectivity index (χ2v) is 5.07. The summed E-state index contributed by atoms with van der Waals surface area (Å²) in [6.07, 6.45) is 2.75. The molecule has 3 heteroatoms. The van der Waals surface area contributed by atoms with Crippen LogP contribution in [0.1, 0.15) is 31.7 Å². The van der Waals surface area contributed by atoms with E-state index in [9.17, 15) is 0 Å². The van der Waals surface area contributed by atoms with Gasteiger partial charge in [0, 0.05) is 23.4 Å². The van der Waals surface area contributed by atoms with Crippen LogP contribution in [0, 0.1) is 24.2 Å². The Hall–Kier alpha value is -0.980. The number of nitrogens with zero attached hydrogens (tertiary/aromatic N) is 1. The summed E-state index contributed by atoms with van der Waals surface area (Å²) in [5, 5.41) is 8.70. The van der Waals surface area contributed by atoms with Gasteiger partial charge in [-0.25, -0.2) is 0 Å². The fourth-order valence-corrected chi connectivity index (χ4v) is 2.22. The molecule has 1 aromatic carbocycles. The molecular weight excluding hydrogens is 230 g/mol. The third-order valence-electron chi connectivity index (χ3n) is 2.56. The maximum atomic E-state index is 8.70. The SMILES string of the molecule is CCCC(CC#N)COSc1ccc(C)cc1. The number of rotatable bonds is 7. The van der Waals surface area contributed by atoms with Crippen LogP contribution in [0.3, 0.4) is 0 Å². The molecule has 0 N–H and O–H groups in total. The van der Waals surface area contributed by atoms with Crippen molar-refractivity contribution in [3.05, 3.63) is 29.8 Å². The zero-order valence-corrected chi connectivity index (χ0v) is 11.3. The molecule has 0 heterocycles. The first-order chi connectivity index (χ1) is 8.26. The van der Waals surface area contributed by atoms with Gasteiger partial charge in [-0.1, -0.05) is 31.0 Å². The highest BCUT2D eigenvalue weighted by Crippen LogP contribution is 2.22. The van der Waals surface area contributed by atoms with Crippen molar-refractivity contribution in [2.75, 3.05) is 6.61 Å². The van der Waals surface area contributed by atoms with Gasteiger partial charge in [-0.05, 0) is 31.4 Å². The van der Waals surface area contributed by atoms with Gasteiger partial charge >= 0.3 is 0 Å². The van der Waals surface area contributed by atoms with E-state index >= 15 is 0 Å². The van der Waals surface area contributed by atoms with Crippen LogP contribution in [0.2, 0.25) is 0 Å². The van der Waals surface area contributed by atoms with E-state index in [2.05, 4.69) is 44.2 Å². The smallest absolute Gasteiger partial charge is 0.0656 e. The average molecular weight is 249 g/mol. The predicted octanol–water partition coefficient (Wildman–Crippen LogP) is 4.35. The minimum Gasteiger partial charge on any atom is -0.310 e. The van der Waals surface area contributed by atoms with Gasteiger partial charge in [0.2, 0.25) is 0 Å². The molecule has 1 atom stereocenters. The monoisotopic (exact) mass is 249 g/mol. The summed E-state index contributed by atoms with van der Waals surface area (Å²) in [5.74, 6) is 0.364. The molecule has 0 saturated heterocycles. The second-order valence-electron chi connectivity index (χ2n) is 4.20. The molecule has 0 aromatic heterocycles. The van der Waals surface area contributed by atoms with Crippen molar-refractivity contribution >= 4 is 12.0 Å². The molecule has 0 fully saturated rings. The van der Waals surface area contributed by atoms with Gasteiger partial charge in [0.1, 0.15) is 0 Å². The molecule has 1 unspecified atom stereocenters. The molecule has 0 aliphatic carbocycles. The average Bonchev–Trinajstić information content (AvgIpc) is 2.32. The lowest BCUT2D eigenvalue weighted by Crippen LogP contribution is -2.06. The van der Waals surface area contributed by atoms with Crippen molar-refractivity contribution in [2.45, 2.75) is 38.0 Å². The predicted molar refractivity (Wildman–Crippen MR) is 71.6 cm³/mol. The van der Waals surface area contributed by atoms with Crippen molar-refractivity contribution in [3.63, 3.8) is 0 Å². The van der Waals surface area contributed by atoms with Gasteiger partial charge < -0.3 is 4.18 Å². The second kappa shape index (κ2) is 8.16. The summed E-state index contributed by atoms with van der Waals surface area (Å²) < 4.78 is 5.59. The molecule has 0 saturated carbocycles. The fraction of sp³-hybridized carbons (Fsp3) is 0.500. The van der Waals surface area contributed by atoms with Gasteiger partial charge in [-0.3, -0.25) is 0 Å². The van der Waals surface area contributed by atoms with Crippen LogP contribution < -0.4 is 0 Å². The van der Waals surface area contributed by atoms with Gasteiger partial charge in [0.05, 0.1) is 12.7 Å². The van der Waals surface area contributed by atoms with Crippen LogP contribution in [0.4, 0.5) is 0 Å². The van der Waals surface area contributed by atoms with E-state index in [1.54, 1.807) is 0 Å². The Morgan fingerprint density at radius 2 is 2.06 bits per heavy atom. The Balaban J connectivity index is 2.30. The van der Waals surface area contributed by atoms with E-state index in [0.717, 1.165) is 17.7 Å². The first kappa shape index (κ1) is 14.1. The van der Waals surface area contributed by atoms with Crippen LogP contribution in [0.25, 0.3) is 0 Å². The molecule has 2 nitrogen and oxygen atoms in total. The summed E-state index contributed by atoms with van der Waals surface area (Å²) in [7, 11) is 0. The summed E-state index contributed by atoms with van der Waals surface area (Å²) >= 11 is 1.40. The molecule has 0 aliphatic rings. The number of aryl methyl sites for hydroxylation is 1. The molecule has 0 amide bonds. The van der Waals surface area contributed by atoms with E-state index in [4.69, 9.17) is 9.44 Å². The maximum absolute atomic E-state index is 8.70. The van der Waals surface area contributed by atoms with E-state index in [1.807, 2.05) is 0 Å². The van der Waals surface area contributed by atoms with Crippen molar-refractivity contribution < 1.29 is 4.18 Å². The topological polar surface area (TPSA) is 33.0 Å². The lowest BCUT2D eigenvalue weighted by Gasteiger charge is -2.11. The van der Waals surface area contributed by atoms with Gasteiger partial charge in [-0.15, -0.1) is 0 Å². The number of hydrogen-bond acceptors (Lipinski definition) is 3. The molecule has 0 bridgehead atoms. The first-order valence-electron chi connectivity index (χ1n) is 5.99. The Bertz CT molecular complexity index is 355. The lowest BCUT2D eigenvalue weighted by atomic mass is 10.0. The molecule has 92 valence electrons. The van der Waals surface area contributed by atoms with Gasteiger partial charge in [0.15, 0.2) is 0 Å². The summed E-state index contributed by atoms with van der Waals surface area (Å²) in [4.78, 5) is 1.11. The molecule has 17 heavy (non-hydrogen) atoms. The van der Waals surface area contributed by atoms with Crippen LogP contribution in [-0.4, -0.2) is 6.61 Å². The molecule has 0 spiro atoms. The molecule has 0 aliphatic heterocycles. The van der Waals surface area contributed by atoms with Gasteiger partial charge in [0.25, 0.3) is 0 Å². The van der Waals surface area contributed by atoms with Crippen molar-refractivity contribution in [2.24, 2.45) is 5.92 Å². The Kier molecular flexibility index (Phi) is 6.76. The third kappa shape index (κ3) is 5.76. The summed E-state index contributed by atoms with van der Waals surface area (Å²) in [5.41, 5.74) is 1.25. The quantitative estimate of drug-likeness (QED) is 0.673. The van der Waals surface area contributed by atoms with Crippen LogP contribution in [0.15, 0.2) is 29.2 Å².